The van der Waals surface area contributed by atoms with E-state index in [9.17, 15) is 0 Å². The van der Waals surface area contributed by atoms with E-state index in [2.05, 4.69) is 58.5 Å². The van der Waals surface area contributed by atoms with Crippen LogP contribution in [0.2, 0.25) is 0 Å². The summed E-state index contributed by atoms with van der Waals surface area (Å²) in [4.78, 5) is 8.52. The molecule has 0 amide bonds. The minimum atomic E-state index is 0.857. The molecule has 0 saturated carbocycles. The van der Waals surface area contributed by atoms with Gasteiger partial charge in [-0.15, -0.1) is 0 Å². The Bertz CT molecular complexity index is 1660. The van der Waals surface area contributed by atoms with Gasteiger partial charge in [-0.05, 0) is 64.7 Å². The third-order valence-electron chi connectivity index (χ3n) is 6.07. The summed E-state index contributed by atoms with van der Waals surface area (Å²) in [5.41, 5.74) is 8.06. The highest BCUT2D eigenvalue weighted by atomic mass is 16.3. The first-order chi connectivity index (χ1) is 15.8. The van der Waals surface area contributed by atoms with Gasteiger partial charge in [0.25, 0.3) is 0 Å². The van der Waals surface area contributed by atoms with Crippen LogP contribution in [0.15, 0.2) is 106 Å². The highest BCUT2D eigenvalue weighted by Crippen LogP contribution is 2.35. The average Bonchev–Trinajstić information content (AvgIpc) is 3.41. The molecule has 0 atom stereocenters. The summed E-state index contributed by atoms with van der Waals surface area (Å²) >= 11 is 0. The maximum absolute atomic E-state index is 5.95. The van der Waals surface area contributed by atoms with Crippen molar-refractivity contribution in [3.05, 3.63) is 97.6 Å². The molecule has 7 aromatic rings. The standard InChI is InChI=1S/C28H16N2O2/c1-2-17(19-4-6-25-21(13-19)23-15-29-10-8-27(23)31-25)12-18(3-1)20-5-7-26-22(14-20)24-16-30-11-9-28(24)32-26/h1-16H. The molecule has 0 aliphatic carbocycles. The SMILES string of the molecule is c1cc(-c2ccc3oc4ccncc4c3c2)cc(-c2ccc3oc4ccncc4c3c2)c1. The number of pyridine rings is 2. The predicted octanol–water partition coefficient (Wildman–Crippen LogP) is 7.61. The van der Waals surface area contributed by atoms with E-state index >= 15 is 0 Å². The molecule has 4 heterocycles. The molecule has 0 saturated heterocycles. The summed E-state index contributed by atoms with van der Waals surface area (Å²) in [6, 6.07) is 25.1. The summed E-state index contributed by atoms with van der Waals surface area (Å²) in [5, 5.41) is 4.22. The van der Waals surface area contributed by atoms with Crippen LogP contribution in [0.4, 0.5) is 0 Å². The lowest BCUT2D eigenvalue weighted by molar-refractivity contribution is 0.668. The van der Waals surface area contributed by atoms with Crippen molar-refractivity contribution in [1.29, 1.82) is 0 Å². The van der Waals surface area contributed by atoms with Gasteiger partial charge in [0.1, 0.15) is 22.3 Å². The molecule has 150 valence electrons. The lowest BCUT2D eigenvalue weighted by atomic mass is 9.97. The van der Waals surface area contributed by atoms with Crippen LogP contribution in [0, 0.1) is 0 Å². The van der Waals surface area contributed by atoms with Crippen LogP contribution in [0.3, 0.4) is 0 Å². The van der Waals surface area contributed by atoms with Crippen LogP contribution >= 0.6 is 0 Å². The average molecular weight is 412 g/mol. The van der Waals surface area contributed by atoms with Crippen molar-refractivity contribution in [2.45, 2.75) is 0 Å². The van der Waals surface area contributed by atoms with Crippen LogP contribution < -0.4 is 0 Å². The molecule has 3 aromatic carbocycles. The van der Waals surface area contributed by atoms with Gasteiger partial charge < -0.3 is 8.83 Å². The molecule has 0 unspecified atom stereocenters. The number of aromatic nitrogens is 2. The molecule has 32 heavy (non-hydrogen) atoms. The fourth-order valence-electron chi connectivity index (χ4n) is 4.48. The Morgan fingerprint density at radius 2 is 0.906 bits per heavy atom. The molecule has 4 heteroatoms. The van der Waals surface area contributed by atoms with Crippen molar-refractivity contribution < 1.29 is 8.83 Å². The first-order valence-electron chi connectivity index (χ1n) is 10.5. The van der Waals surface area contributed by atoms with Crippen molar-refractivity contribution >= 4 is 43.9 Å². The van der Waals surface area contributed by atoms with E-state index in [4.69, 9.17) is 8.83 Å². The normalized spacial score (nSPS) is 11.8. The second kappa shape index (κ2) is 6.53. The number of rotatable bonds is 2. The summed E-state index contributed by atoms with van der Waals surface area (Å²) in [6.45, 7) is 0. The second-order valence-electron chi connectivity index (χ2n) is 7.95. The molecular formula is C28H16N2O2. The zero-order valence-electron chi connectivity index (χ0n) is 16.9. The van der Waals surface area contributed by atoms with Crippen LogP contribution in [0.25, 0.3) is 66.1 Å². The molecule has 0 aliphatic heterocycles. The zero-order chi connectivity index (χ0) is 21.1. The summed E-state index contributed by atoms with van der Waals surface area (Å²) in [7, 11) is 0. The van der Waals surface area contributed by atoms with E-state index in [1.807, 2.05) is 36.7 Å². The van der Waals surface area contributed by atoms with E-state index in [1.54, 1.807) is 12.4 Å². The monoisotopic (exact) mass is 412 g/mol. The maximum Gasteiger partial charge on any atom is 0.138 e. The van der Waals surface area contributed by atoms with E-state index in [-0.39, 0.29) is 0 Å². The van der Waals surface area contributed by atoms with Crippen LogP contribution in [-0.2, 0) is 0 Å². The Labute approximate surface area is 182 Å². The fourth-order valence-corrected chi connectivity index (χ4v) is 4.48. The Morgan fingerprint density at radius 3 is 1.44 bits per heavy atom. The maximum atomic E-state index is 5.95. The van der Waals surface area contributed by atoms with Crippen molar-refractivity contribution in [3.8, 4) is 22.3 Å². The number of fused-ring (bicyclic) bond motifs is 6. The minimum Gasteiger partial charge on any atom is -0.456 e. The van der Waals surface area contributed by atoms with Crippen LogP contribution in [-0.4, -0.2) is 9.97 Å². The second-order valence-corrected chi connectivity index (χ2v) is 7.95. The smallest absolute Gasteiger partial charge is 0.138 e. The molecule has 7 rings (SSSR count). The molecule has 0 bridgehead atoms. The van der Waals surface area contributed by atoms with Gasteiger partial charge >= 0.3 is 0 Å². The summed E-state index contributed by atoms with van der Waals surface area (Å²) < 4.78 is 11.9. The molecule has 0 N–H and O–H groups in total. The van der Waals surface area contributed by atoms with Crippen LogP contribution in [0.1, 0.15) is 0 Å². The van der Waals surface area contributed by atoms with Gasteiger partial charge in [0, 0.05) is 46.3 Å². The van der Waals surface area contributed by atoms with E-state index in [0.717, 1.165) is 66.1 Å². The molecule has 0 radical (unpaired) electrons. The minimum absolute atomic E-state index is 0.857. The fraction of sp³-hybridized carbons (Fsp3) is 0. The first kappa shape index (κ1) is 17.3. The van der Waals surface area contributed by atoms with Gasteiger partial charge in [0.2, 0.25) is 0 Å². The molecule has 0 aliphatic rings. The van der Waals surface area contributed by atoms with Crippen molar-refractivity contribution in [1.82, 2.24) is 9.97 Å². The Hall–Kier alpha value is -4.44. The number of nitrogens with zero attached hydrogens (tertiary/aromatic N) is 2. The highest BCUT2D eigenvalue weighted by Gasteiger charge is 2.11. The third-order valence-corrected chi connectivity index (χ3v) is 6.07. The van der Waals surface area contributed by atoms with E-state index in [1.165, 1.54) is 0 Å². The lowest BCUT2D eigenvalue weighted by Gasteiger charge is -2.07. The van der Waals surface area contributed by atoms with Crippen molar-refractivity contribution in [2.24, 2.45) is 0 Å². The number of benzene rings is 3. The van der Waals surface area contributed by atoms with Gasteiger partial charge in [-0.2, -0.15) is 0 Å². The largest absolute Gasteiger partial charge is 0.456 e. The Kier molecular flexibility index (Phi) is 3.52. The van der Waals surface area contributed by atoms with E-state index < -0.39 is 0 Å². The van der Waals surface area contributed by atoms with Gasteiger partial charge in [-0.1, -0.05) is 30.3 Å². The van der Waals surface area contributed by atoms with E-state index in [0.29, 0.717) is 0 Å². The summed E-state index contributed by atoms with van der Waals surface area (Å²) in [5.74, 6) is 0. The molecule has 4 aromatic heterocycles. The first-order valence-corrected chi connectivity index (χ1v) is 10.5. The van der Waals surface area contributed by atoms with Crippen molar-refractivity contribution in [2.75, 3.05) is 0 Å². The highest BCUT2D eigenvalue weighted by molar-refractivity contribution is 6.07. The molecular weight excluding hydrogens is 396 g/mol. The predicted molar refractivity (Wildman–Crippen MR) is 127 cm³/mol. The lowest BCUT2D eigenvalue weighted by Crippen LogP contribution is -1.82. The Morgan fingerprint density at radius 1 is 0.438 bits per heavy atom. The molecule has 4 nitrogen and oxygen atoms in total. The summed E-state index contributed by atoms with van der Waals surface area (Å²) in [6.07, 6.45) is 7.23. The quantitative estimate of drug-likeness (QED) is 0.293. The van der Waals surface area contributed by atoms with Crippen molar-refractivity contribution in [3.63, 3.8) is 0 Å². The van der Waals surface area contributed by atoms with Crippen LogP contribution in [0.5, 0.6) is 0 Å². The number of furan rings is 2. The Balaban J connectivity index is 1.37. The van der Waals surface area contributed by atoms with Gasteiger partial charge in [0.15, 0.2) is 0 Å². The number of hydrogen-bond donors (Lipinski definition) is 0. The van der Waals surface area contributed by atoms with Gasteiger partial charge in [-0.3, -0.25) is 9.97 Å². The third kappa shape index (κ3) is 2.56. The van der Waals surface area contributed by atoms with Gasteiger partial charge in [0.05, 0.1) is 0 Å². The molecule has 0 spiro atoms. The zero-order valence-corrected chi connectivity index (χ0v) is 16.9. The number of hydrogen-bond acceptors (Lipinski definition) is 4. The molecule has 0 fully saturated rings. The van der Waals surface area contributed by atoms with Gasteiger partial charge in [-0.25, -0.2) is 0 Å². The topological polar surface area (TPSA) is 52.1 Å².